The monoisotopic (exact) mass is 337 g/mol. The van der Waals surface area contributed by atoms with Crippen LogP contribution in [0.1, 0.15) is 13.3 Å². The largest absolute Gasteiger partial charge is 0.481 e. The van der Waals surface area contributed by atoms with Gasteiger partial charge in [-0.05, 0) is 43.8 Å². The van der Waals surface area contributed by atoms with Crippen molar-refractivity contribution in [3.8, 4) is 5.88 Å². The van der Waals surface area contributed by atoms with Gasteiger partial charge in [-0.15, -0.1) is 0 Å². The van der Waals surface area contributed by atoms with Crippen molar-refractivity contribution >= 4 is 22.5 Å². The molecule has 2 heterocycles. The highest BCUT2D eigenvalue weighted by molar-refractivity contribution is 8.16. The van der Waals surface area contributed by atoms with E-state index in [1.807, 2.05) is 6.07 Å². The normalized spacial score (nSPS) is 28.5. The molecule has 23 heavy (non-hydrogen) atoms. The zero-order chi connectivity index (χ0) is 16.6. The highest BCUT2D eigenvalue weighted by Gasteiger charge is 2.50. The number of thiol groups is 1. The van der Waals surface area contributed by atoms with Crippen molar-refractivity contribution in [2.45, 2.75) is 18.7 Å². The third kappa shape index (κ3) is 3.33. The Kier molecular flexibility index (Phi) is 4.82. The Morgan fingerprint density at radius 3 is 2.61 bits per heavy atom. The highest BCUT2D eigenvalue weighted by atomic mass is 32.2. The first kappa shape index (κ1) is 16.6. The standard InChI is InChI=1S/C17H27N3O2S/c1-11(23(3)4)20-9-12-7-13(10-20)16(12)17(21)19-14-5-6-15(22-2)18-8-14/h5-6,8,11-13,16,23H,7,9-10H2,1-4H3,(H,19,21). The average Bonchev–Trinajstić information content (AvgIpc) is 2.54. The fourth-order valence-corrected chi connectivity index (χ4v) is 4.63. The Labute approximate surface area is 141 Å². The lowest BCUT2D eigenvalue weighted by Crippen LogP contribution is -2.60. The minimum atomic E-state index is 0.0480. The lowest BCUT2D eigenvalue weighted by atomic mass is 9.61. The number of nitrogens with one attached hydrogen (secondary N) is 1. The lowest BCUT2D eigenvalue weighted by molar-refractivity contribution is -0.136. The molecule has 2 fully saturated rings. The average molecular weight is 337 g/mol. The van der Waals surface area contributed by atoms with Crippen LogP contribution in [-0.4, -0.2) is 53.9 Å². The number of ether oxygens (including phenoxy) is 1. The summed E-state index contributed by atoms with van der Waals surface area (Å²) < 4.78 is 5.04. The van der Waals surface area contributed by atoms with Gasteiger partial charge in [0.25, 0.3) is 0 Å². The van der Waals surface area contributed by atoms with Crippen LogP contribution in [0, 0.1) is 17.8 Å². The molecule has 1 aromatic rings. The molecule has 0 spiro atoms. The maximum atomic E-state index is 12.6. The smallest absolute Gasteiger partial charge is 0.228 e. The zero-order valence-corrected chi connectivity index (χ0v) is 15.2. The van der Waals surface area contributed by atoms with Gasteiger partial charge in [0.2, 0.25) is 11.8 Å². The first-order chi connectivity index (χ1) is 11.0. The molecule has 1 aliphatic heterocycles. The number of pyridine rings is 1. The van der Waals surface area contributed by atoms with Gasteiger partial charge in [-0.3, -0.25) is 9.69 Å². The summed E-state index contributed by atoms with van der Waals surface area (Å²) in [5, 5.41) is 3.68. The Bertz CT molecular complexity index is 551. The molecular weight excluding hydrogens is 310 g/mol. The molecule has 1 aliphatic carbocycles. The molecule has 1 N–H and O–H groups in total. The topological polar surface area (TPSA) is 54.5 Å². The molecule has 1 amide bonds. The molecule has 128 valence electrons. The number of carbonyl (C=O) groups is 1. The molecule has 3 rings (SSSR count). The van der Waals surface area contributed by atoms with Gasteiger partial charge in [0.05, 0.1) is 19.0 Å². The predicted molar refractivity (Wildman–Crippen MR) is 96.4 cm³/mol. The van der Waals surface area contributed by atoms with Gasteiger partial charge in [-0.25, -0.2) is 15.9 Å². The Balaban J connectivity index is 1.58. The molecule has 1 saturated heterocycles. The summed E-state index contributed by atoms with van der Waals surface area (Å²) in [7, 11) is 1.63. The number of nitrogens with zero attached hydrogens (tertiary/aromatic N) is 2. The second-order valence-corrected chi connectivity index (χ2v) is 9.58. The molecule has 1 saturated carbocycles. The van der Waals surface area contributed by atoms with Crippen LogP contribution in [0.3, 0.4) is 0 Å². The van der Waals surface area contributed by atoms with Crippen molar-refractivity contribution in [3.63, 3.8) is 0 Å². The zero-order valence-electron chi connectivity index (χ0n) is 14.3. The summed E-state index contributed by atoms with van der Waals surface area (Å²) in [4.78, 5) is 19.3. The van der Waals surface area contributed by atoms with E-state index >= 15 is 0 Å². The maximum absolute atomic E-state index is 12.6. The molecular formula is C17H27N3O2S. The SMILES string of the molecule is COc1ccc(NC(=O)C2C3CC2CN(C(C)[SH](C)C)C3)cn1. The quantitative estimate of drug-likeness (QED) is 0.809. The maximum Gasteiger partial charge on any atom is 0.228 e. The van der Waals surface area contributed by atoms with E-state index in [9.17, 15) is 4.79 Å². The van der Waals surface area contributed by atoms with E-state index in [1.54, 1.807) is 19.4 Å². The molecule has 0 aromatic carbocycles. The first-order valence-corrected chi connectivity index (χ1v) is 10.5. The van der Waals surface area contributed by atoms with E-state index in [1.165, 1.54) is 6.42 Å². The molecule has 0 radical (unpaired) electrons. The summed E-state index contributed by atoms with van der Waals surface area (Å²) >= 11 is 0. The van der Waals surface area contributed by atoms with Crippen LogP contribution in [0.25, 0.3) is 0 Å². The number of hydrogen-bond acceptors (Lipinski definition) is 4. The van der Waals surface area contributed by atoms with Crippen LogP contribution < -0.4 is 10.1 Å². The molecule has 6 heteroatoms. The fourth-order valence-electron chi connectivity index (χ4n) is 3.78. The van der Waals surface area contributed by atoms with Crippen LogP contribution in [0.15, 0.2) is 18.3 Å². The van der Waals surface area contributed by atoms with E-state index in [4.69, 9.17) is 4.74 Å². The Hall–Kier alpha value is -1.27. The summed E-state index contributed by atoms with van der Waals surface area (Å²) in [5.41, 5.74) is 0.747. The van der Waals surface area contributed by atoms with Gasteiger partial charge in [-0.2, -0.15) is 0 Å². The number of fused-ring (bicyclic) bond motifs is 2. The summed E-state index contributed by atoms with van der Waals surface area (Å²) in [5.74, 6) is 1.90. The minimum absolute atomic E-state index is 0.0480. The number of amides is 1. The van der Waals surface area contributed by atoms with Crippen molar-refractivity contribution in [3.05, 3.63) is 18.3 Å². The number of methoxy groups -OCH3 is 1. The van der Waals surface area contributed by atoms with Crippen molar-refractivity contribution in [1.29, 1.82) is 0 Å². The Morgan fingerprint density at radius 1 is 1.39 bits per heavy atom. The van der Waals surface area contributed by atoms with Crippen molar-refractivity contribution in [2.75, 3.05) is 38.0 Å². The molecule has 1 aromatic heterocycles. The minimum Gasteiger partial charge on any atom is -0.481 e. The van der Waals surface area contributed by atoms with Gasteiger partial charge in [-0.1, -0.05) is 0 Å². The van der Waals surface area contributed by atoms with Crippen LogP contribution >= 0.6 is 10.9 Å². The number of anilines is 1. The van der Waals surface area contributed by atoms with Crippen LogP contribution in [0.4, 0.5) is 5.69 Å². The number of aromatic nitrogens is 1. The molecule has 3 unspecified atom stereocenters. The number of rotatable bonds is 5. The fraction of sp³-hybridized carbons (Fsp3) is 0.647. The van der Waals surface area contributed by atoms with E-state index < -0.39 is 0 Å². The highest BCUT2D eigenvalue weighted by Crippen LogP contribution is 2.47. The molecule has 2 aliphatic rings. The summed E-state index contributed by atoms with van der Waals surface area (Å²) in [6.07, 6.45) is 7.52. The molecule has 2 bridgehead atoms. The molecule has 3 atom stereocenters. The number of carbonyl (C=O) groups excluding carboxylic acids is 1. The van der Waals surface area contributed by atoms with Crippen LogP contribution in [0.5, 0.6) is 5.88 Å². The second-order valence-electron chi connectivity index (χ2n) is 6.91. The van der Waals surface area contributed by atoms with E-state index in [0.717, 1.165) is 18.8 Å². The van der Waals surface area contributed by atoms with Crippen molar-refractivity contribution in [2.24, 2.45) is 17.8 Å². The number of hydrogen-bond donors (Lipinski definition) is 2. The van der Waals surface area contributed by atoms with E-state index in [-0.39, 0.29) is 22.7 Å². The Morgan fingerprint density at radius 2 is 2.09 bits per heavy atom. The predicted octanol–water partition coefficient (Wildman–Crippen LogP) is 2.20. The summed E-state index contributed by atoms with van der Waals surface area (Å²) in [6.45, 7) is 4.46. The van der Waals surface area contributed by atoms with Gasteiger partial charge in [0, 0.05) is 30.4 Å². The number of likely N-dealkylation sites (tertiary alicyclic amines) is 1. The molecule has 5 nitrogen and oxygen atoms in total. The van der Waals surface area contributed by atoms with E-state index in [0.29, 0.717) is 23.1 Å². The van der Waals surface area contributed by atoms with Crippen LogP contribution in [-0.2, 0) is 4.79 Å². The van der Waals surface area contributed by atoms with Crippen molar-refractivity contribution in [1.82, 2.24) is 9.88 Å². The van der Waals surface area contributed by atoms with Crippen molar-refractivity contribution < 1.29 is 9.53 Å². The second kappa shape index (κ2) is 6.69. The lowest BCUT2D eigenvalue weighted by Gasteiger charge is -2.54. The van der Waals surface area contributed by atoms with Gasteiger partial charge in [0.15, 0.2) is 0 Å². The third-order valence-electron chi connectivity index (χ3n) is 5.35. The van der Waals surface area contributed by atoms with Crippen LogP contribution in [0.2, 0.25) is 0 Å². The van der Waals surface area contributed by atoms with E-state index in [2.05, 4.69) is 34.6 Å². The van der Waals surface area contributed by atoms with Gasteiger partial charge >= 0.3 is 0 Å². The number of piperidine rings is 2. The summed E-state index contributed by atoms with van der Waals surface area (Å²) in [6, 6.07) is 3.61. The third-order valence-corrected chi connectivity index (χ3v) is 7.17. The van der Waals surface area contributed by atoms with Gasteiger partial charge < -0.3 is 10.1 Å². The van der Waals surface area contributed by atoms with Gasteiger partial charge in [0.1, 0.15) is 0 Å². The first-order valence-electron chi connectivity index (χ1n) is 8.21.